The molecule has 0 saturated carbocycles. The fraction of sp³-hybridized carbons (Fsp3) is 0.500. The van der Waals surface area contributed by atoms with Crippen molar-refractivity contribution in [1.82, 2.24) is 0 Å². The van der Waals surface area contributed by atoms with Gasteiger partial charge >= 0.3 is 66.9 Å². The topological polar surface area (TPSA) is 77.8 Å². The van der Waals surface area contributed by atoms with Gasteiger partial charge in [-0.15, -0.1) is 0 Å². The van der Waals surface area contributed by atoms with E-state index in [4.69, 9.17) is 19.2 Å². The summed E-state index contributed by atoms with van der Waals surface area (Å²) in [6.45, 7) is 5.00. The summed E-state index contributed by atoms with van der Waals surface area (Å²) < 4.78 is 8.88. The molecule has 0 rings (SSSR count). The summed E-state index contributed by atoms with van der Waals surface area (Å²) in [7, 11) is -4.64. The maximum absolute atomic E-state index is 8.88. The Balaban J connectivity index is -0.0000000286. The van der Waals surface area contributed by atoms with Crippen LogP contribution in [0.25, 0.3) is 0 Å². The van der Waals surface area contributed by atoms with Crippen LogP contribution < -0.4 is 59.1 Å². The van der Waals surface area contributed by atoms with Crippen molar-refractivity contribution < 1.29 is 78.4 Å². The Morgan fingerprint density at radius 1 is 1.11 bits per heavy atom. The van der Waals surface area contributed by atoms with Crippen LogP contribution in [0.4, 0.5) is 0 Å². The standard InChI is InChI=1S/C2H5.2Na.H3O4P/c1-2;;;1-5(2,3)4/h1H2,2H3;;;(H3,1,2,3,4)/q-1;2*+1;. The van der Waals surface area contributed by atoms with Crippen LogP contribution in [-0.2, 0) is 4.57 Å². The van der Waals surface area contributed by atoms with Gasteiger partial charge in [0.05, 0.1) is 0 Å². The average molecular weight is 173 g/mol. The van der Waals surface area contributed by atoms with Crippen molar-refractivity contribution in [3.8, 4) is 0 Å². The molecule has 0 radical (unpaired) electrons. The molecular formula is C2H8Na2O4P+. The van der Waals surface area contributed by atoms with Crippen molar-refractivity contribution >= 4 is 7.82 Å². The van der Waals surface area contributed by atoms with Crippen LogP contribution in [-0.4, -0.2) is 14.7 Å². The first-order valence-electron chi connectivity index (χ1n) is 1.49. The molecule has 0 aromatic rings. The van der Waals surface area contributed by atoms with Gasteiger partial charge in [0, 0.05) is 0 Å². The zero-order valence-corrected chi connectivity index (χ0v) is 10.8. The zero-order valence-electron chi connectivity index (χ0n) is 5.90. The third kappa shape index (κ3) is 149. The molecule has 7 heteroatoms. The molecule has 0 atom stereocenters. The van der Waals surface area contributed by atoms with E-state index in [0.717, 1.165) is 0 Å². The normalized spacial score (nSPS) is 7.22. The van der Waals surface area contributed by atoms with Crippen molar-refractivity contribution in [2.45, 2.75) is 6.92 Å². The van der Waals surface area contributed by atoms with E-state index in [1.54, 1.807) is 6.92 Å². The summed E-state index contributed by atoms with van der Waals surface area (Å²) >= 11 is 0. The Kier molecular flexibility index (Phi) is 31.8. The van der Waals surface area contributed by atoms with E-state index in [2.05, 4.69) is 6.92 Å². The number of rotatable bonds is 0. The maximum atomic E-state index is 8.88. The van der Waals surface area contributed by atoms with E-state index in [0.29, 0.717) is 0 Å². The molecule has 0 fully saturated rings. The number of hydrogen-bond acceptors (Lipinski definition) is 1. The zero-order chi connectivity index (χ0) is 6.50. The Hall–Kier alpha value is 2.11. The van der Waals surface area contributed by atoms with Gasteiger partial charge in [-0.05, 0) is 0 Å². The Labute approximate surface area is 98.9 Å². The first-order chi connectivity index (χ1) is 3.00. The molecule has 0 aromatic heterocycles. The van der Waals surface area contributed by atoms with Crippen molar-refractivity contribution in [3.05, 3.63) is 6.92 Å². The monoisotopic (exact) mass is 173 g/mol. The van der Waals surface area contributed by atoms with Gasteiger partial charge in [0.1, 0.15) is 0 Å². The first-order valence-corrected chi connectivity index (χ1v) is 3.05. The van der Waals surface area contributed by atoms with E-state index in [1.807, 2.05) is 0 Å². The second-order valence-corrected chi connectivity index (χ2v) is 1.54. The van der Waals surface area contributed by atoms with E-state index in [-0.39, 0.29) is 59.1 Å². The van der Waals surface area contributed by atoms with E-state index >= 15 is 0 Å². The van der Waals surface area contributed by atoms with Gasteiger partial charge in [-0.3, -0.25) is 0 Å². The molecule has 3 N–H and O–H groups in total. The van der Waals surface area contributed by atoms with Crippen LogP contribution in [0.15, 0.2) is 0 Å². The number of phosphoric acid groups is 1. The first kappa shape index (κ1) is 22.5. The second kappa shape index (κ2) is 12.8. The molecule has 0 bridgehead atoms. The largest absolute Gasteiger partial charge is 1.00 e. The van der Waals surface area contributed by atoms with Gasteiger partial charge < -0.3 is 21.6 Å². The van der Waals surface area contributed by atoms with Gasteiger partial charge in [-0.1, -0.05) is 0 Å². The molecule has 0 aliphatic rings. The molecular weight excluding hydrogens is 165 g/mol. The summed E-state index contributed by atoms with van der Waals surface area (Å²) in [5.41, 5.74) is 0. The van der Waals surface area contributed by atoms with Crippen LogP contribution in [0.1, 0.15) is 6.92 Å². The molecule has 46 valence electrons. The van der Waals surface area contributed by atoms with Crippen LogP contribution in [0.2, 0.25) is 0 Å². The molecule has 0 unspecified atom stereocenters. The van der Waals surface area contributed by atoms with Crippen molar-refractivity contribution in [3.63, 3.8) is 0 Å². The van der Waals surface area contributed by atoms with Crippen molar-refractivity contribution in [2.75, 3.05) is 0 Å². The molecule has 0 aromatic carbocycles. The van der Waals surface area contributed by atoms with Crippen LogP contribution in [0.5, 0.6) is 0 Å². The van der Waals surface area contributed by atoms with Crippen LogP contribution in [0.3, 0.4) is 0 Å². The molecule has 9 heavy (non-hydrogen) atoms. The van der Waals surface area contributed by atoms with Gasteiger partial charge in [-0.2, -0.15) is 6.92 Å². The summed E-state index contributed by atoms with van der Waals surface area (Å²) in [4.78, 5) is 21.6. The summed E-state index contributed by atoms with van der Waals surface area (Å²) in [6, 6.07) is 0. The quantitative estimate of drug-likeness (QED) is 0.193. The predicted molar refractivity (Wildman–Crippen MR) is 25.3 cm³/mol. The molecule has 0 saturated heterocycles. The minimum absolute atomic E-state index is 0. The fourth-order valence-electron chi connectivity index (χ4n) is 0. The SMILES string of the molecule is O=P(O)(O)O.[CH2-]C.[Na+].[Na+]. The van der Waals surface area contributed by atoms with Crippen molar-refractivity contribution in [2.24, 2.45) is 0 Å². The minimum atomic E-state index is -4.64. The molecule has 0 aliphatic carbocycles. The summed E-state index contributed by atoms with van der Waals surface area (Å²) in [5, 5.41) is 0. The minimum Gasteiger partial charge on any atom is -0.346 e. The van der Waals surface area contributed by atoms with Gasteiger partial charge in [0.25, 0.3) is 0 Å². The van der Waals surface area contributed by atoms with Gasteiger partial charge in [-0.25, -0.2) is 4.57 Å². The smallest absolute Gasteiger partial charge is 0.346 e. The third-order valence-corrected chi connectivity index (χ3v) is 0. The van der Waals surface area contributed by atoms with E-state index in [1.165, 1.54) is 0 Å². The third-order valence-electron chi connectivity index (χ3n) is 0. The fourth-order valence-corrected chi connectivity index (χ4v) is 0. The Bertz CT molecular complexity index is 62.7. The summed E-state index contributed by atoms with van der Waals surface area (Å²) in [6.07, 6.45) is 0. The second-order valence-electron chi connectivity index (χ2n) is 0.513. The van der Waals surface area contributed by atoms with Gasteiger partial charge in [0.2, 0.25) is 0 Å². The molecule has 0 spiro atoms. The van der Waals surface area contributed by atoms with Crippen LogP contribution >= 0.6 is 7.82 Å². The predicted octanol–water partition coefficient (Wildman–Crippen LogP) is -6.08. The van der Waals surface area contributed by atoms with Gasteiger partial charge in [0.15, 0.2) is 0 Å². The van der Waals surface area contributed by atoms with Crippen molar-refractivity contribution in [1.29, 1.82) is 0 Å². The van der Waals surface area contributed by atoms with E-state index in [9.17, 15) is 0 Å². The van der Waals surface area contributed by atoms with E-state index < -0.39 is 7.82 Å². The molecule has 0 aliphatic heterocycles. The summed E-state index contributed by atoms with van der Waals surface area (Å²) in [5.74, 6) is 0. The molecule has 0 amide bonds. The Morgan fingerprint density at radius 3 is 1.11 bits per heavy atom. The number of hydrogen-bond donors (Lipinski definition) is 3. The maximum Gasteiger partial charge on any atom is 1.00 e. The Morgan fingerprint density at radius 2 is 1.11 bits per heavy atom. The molecule has 4 nitrogen and oxygen atoms in total. The van der Waals surface area contributed by atoms with Crippen LogP contribution in [0, 0.1) is 6.92 Å². The molecule has 0 heterocycles. The average Bonchev–Trinajstić information content (AvgIpc) is 1.36.